The first kappa shape index (κ1) is 7.98. The average molecular weight is 143 g/mol. The summed E-state index contributed by atoms with van der Waals surface area (Å²) in [5, 5.41) is 6.55. The molecule has 0 amide bonds. The highest BCUT2D eigenvalue weighted by Crippen LogP contribution is 2.01. The molecule has 1 rings (SSSR count). The maximum Gasteiger partial charge on any atom is 0.0322 e. The van der Waals surface area contributed by atoms with Crippen molar-refractivity contribution in [2.24, 2.45) is 0 Å². The topological polar surface area (TPSA) is 27.3 Å². The number of rotatable bonds is 4. The van der Waals surface area contributed by atoms with Crippen molar-refractivity contribution in [3.63, 3.8) is 0 Å². The molecule has 3 nitrogen and oxygen atoms in total. The highest BCUT2D eigenvalue weighted by molar-refractivity contribution is 4.82. The zero-order chi connectivity index (χ0) is 7.40. The molecule has 0 spiro atoms. The van der Waals surface area contributed by atoms with Crippen molar-refractivity contribution < 1.29 is 0 Å². The van der Waals surface area contributed by atoms with Gasteiger partial charge in [-0.2, -0.15) is 0 Å². The van der Waals surface area contributed by atoms with Crippen molar-refractivity contribution in [1.82, 2.24) is 15.5 Å². The fourth-order valence-corrected chi connectivity index (χ4v) is 1.23. The Morgan fingerprint density at radius 3 is 2.60 bits per heavy atom. The van der Waals surface area contributed by atoms with E-state index >= 15 is 0 Å². The van der Waals surface area contributed by atoms with Gasteiger partial charge >= 0.3 is 0 Å². The summed E-state index contributed by atoms with van der Waals surface area (Å²) >= 11 is 0. The molecular formula is C7H17N3. The number of likely N-dealkylation sites (tertiary alicyclic amines) is 1. The van der Waals surface area contributed by atoms with Crippen LogP contribution in [-0.4, -0.2) is 51.2 Å². The highest BCUT2D eigenvalue weighted by Gasteiger charge is 2.21. The van der Waals surface area contributed by atoms with Gasteiger partial charge in [-0.15, -0.1) is 0 Å². The summed E-state index contributed by atoms with van der Waals surface area (Å²) in [4.78, 5) is 2.32. The fourth-order valence-electron chi connectivity index (χ4n) is 1.23. The van der Waals surface area contributed by atoms with Crippen molar-refractivity contribution in [1.29, 1.82) is 0 Å². The van der Waals surface area contributed by atoms with Gasteiger partial charge in [0.15, 0.2) is 0 Å². The van der Waals surface area contributed by atoms with Crippen LogP contribution >= 0.6 is 0 Å². The lowest BCUT2D eigenvalue weighted by molar-refractivity contribution is 0.163. The highest BCUT2D eigenvalue weighted by atomic mass is 15.2. The van der Waals surface area contributed by atoms with Crippen LogP contribution in [0.4, 0.5) is 0 Å². The second-order valence-corrected chi connectivity index (χ2v) is 2.98. The SMILES string of the molecule is CNCCNC1CN(C)C1. The van der Waals surface area contributed by atoms with Gasteiger partial charge in [-0.05, 0) is 14.1 Å². The van der Waals surface area contributed by atoms with Gasteiger partial charge in [-0.25, -0.2) is 0 Å². The van der Waals surface area contributed by atoms with Crippen molar-refractivity contribution in [2.45, 2.75) is 6.04 Å². The summed E-state index contributed by atoms with van der Waals surface area (Å²) in [5.41, 5.74) is 0. The lowest BCUT2D eigenvalue weighted by Gasteiger charge is -2.36. The standard InChI is InChI=1S/C7H17N3/c1-8-3-4-9-7-5-10(2)6-7/h7-9H,3-6H2,1-2H3. The van der Waals surface area contributed by atoms with Gasteiger partial charge in [-0.1, -0.05) is 0 Å². The summed E-state index contributed by atoms with van der Waals surface area (Å²) in [5.74, 6) is 0. The third-order valence-electron chi connectivity index (χ3n) is 1.87. The molecule has 10 heavy (non-hydrogen) atoms. The molecule has 1 saturated heterocycles. The van der Waals surface area contributed by atoms with Crippen molar-refractivity contribution in [3.8, 4) is 0 Å². The molecule has 1 heterocycles. The molecule has 1 aliphatic rings. The van der Waals surface area contributed by atoms with Gasteiger partial charge in [0.05, 0.1) is 0 Å². The monoisotopic (exact) mass is 143 g/mol. The predicted molar refractivity (Wildman–Crippen MR) is 43.2 cm³/mol. The lowest BCUT2D eigenvalue weighted by atomic mass is 10.1. The fraction of sp³-hybridized carbons (Fsp3) is 1.00. The average Bonchev–Trinajstić information content (AvgIpc) is 1.85. The first-order valence-electron chi connectivity index (χ1n) is 3.89. The quantitative estimate of drug-likeness (QED) is 0.500. The molecule has 0 radical (unpaired) electrons. The van der Waals surface area contributed by atoms with Crippen LogP contribution in [0.3, 0.4) is 0 Å². The summed E-state index contributed by atoms with van der Waals surface area (Å²) in [6.45, 7) is 4.59. The van der Waals surface area contributed by atoms with Crippen LogP contribution < -0.4 is 10.6 Å². The van der Waals surface area contributed by atoms with E-state index in [4.69, 9.17) is 0 Å². The van der Waals surface area contributed by atoms with Gasteiger partial charge in [-0.3, -0.25) is 0 Å². The van der Waals surface area contributed by atoms with E-state index in [2.05, 4.69) is 22.6 Å². The molecule has 0 bridgehead atoms. The van der Waals surface area contributed by atoms with E-state index in [9.17, 15) is 0 Å². The van der Waals surface area contributed by atoms with Gasteiger partial charge in [0.2, 0.25) is 0 Å². The third kappa shape index (κ3) is 2.25. The molecule has 0 saturated carbocycles. The molecule has 0 unspecified atom stereocenters. The van der Waals surface area contributed by atoms with E-state index in [0.717, 1.165) is 19.1 Å². The minimum Gasteiger partial charge on any atom is -0.318 e. The number of nitrogens with zero attached hydrogens (tertiary/aromatic N) is 1. The van der Waals surface area contributed by atoms with Gasteiger partial charge < -0.3 is 15.5 Å². The Kier molecular flexibility index (Phi) is 3.12. The first-order valence-corrected chi connectivity index (χ1v) is 3.89. The van der Waals surface area contributed by atoms with Crippen LogP contribution in [0.15, 0.2) is 0 Å². The van der Waals surface area contributed by atoms with Crippen LogP contribution in [-0.2, 0) is 0 Å². The summed E-state index contributed by atoms with van der Waals surface area (Å²) in [6, 6.07) is 0.748. The minimum atomic E-state index is 0.748. The number of hydrogen-bond acceptors (Lipinski definition) is 3. The Balaban J connectivity index is 1.86. The summed E-state index contributed by atoms with van der Waals surface area (Å²) < 4.78 is 0. The van der Waals surface area contributed by atoms with E-state index in [-0.39, 0.29) is 0 Å². The molecule has 0 aromatic carbocycles. The van der Waals surface area contributed by atoms with Crippen LogP contribution in [0.5, 0.6) is 0 Å². The molecule has 60 valence electrons. The van der Waals surface area contributed by atoms with E-state index in [1.165, 1.54) is 13.1 Å². The minimum absolute atomic E-state index is 0.748. The van der Waals surface area contributed by atoms with Crippen molar-refractivity contribution in [3.05, 3.63) is 0 Å². The van der Waals surface area contributed by atoms with E-state index < -0.39 is 0 Å². The molecule has 0 atom stereocenters. The van der Waals surface area contributed by atoms with Crippen LogP contribution in [0.2, 0.25) is 0 Å². The largest absolute Gasteiger partial charge is 0.318 e. The normalized spacial score (nSPS) is 21.0. The van der Waals surface area contributed by atoms with Gasteiger partial charge in [0.25, 0.3) is 0 Å². The summed E-state index contributed by atoms with van der Waals surface area (Å²) in [7, 11) is 4.13. The van der Waals surface area contributed by atoms with Gasteiger partial charge in [0, 0.05) is 32.2 Å². The number of nitrogens with one attached hydrogen (secondary N) is 2. The number of hydrogen-bond donors (Lipinski definition) is 2. The second-order valence-electron chi connectivity index (χ2n) is 2.98. The predicted octanol–water partition coefficient (Wildman–Crippen LogP) is -0.891. The van der Waals surface area contributed by atoms with E-state index in [1.54, 1.807) is 0 Å². The van der Waals surface area contributed by atoms with Crippen LogP contribution in [0.1, 0.15) is 0 Å². The zero-order valence-electron chi connectivity index (χ0n) is 6.85. The Hall–Kier alpha value is -0.120. The second kappa shape index (κ2) is 3.91. The molecule has 2 N–H and O–H groups in total. The molecule has 0 aromatic heterocycles. The van der Waals surface area contributed by atoms with E-state index in [1.807, 2.05) is 7.05 Å². The van der Waals surface area contributed by atoms with Crippen LogP contribution in [0.25, 0.3) is 0 Å². The lowest BCUT2D eigenvalue weighted by Crippen LogP contribution is -2.56. The smallest absolute Gasteiger partial charge is 0.0322 e. The molecular weight excluding hydrogens is 126 g/mol. The van der Waals surface area contributed by atoms with Gasteiger partial charge in [0.1, 0.15) is 0 Å². The number of likely N-dealkylation sites (N-methyl/N-ethyl adjacent to an activating group) is 2. The molecule has 0 aliphatic carbocycles. The molecule has 0 aromatic rings. The first-order chi connectivity index (χ1) is 4.83. The Morgan fingerprint density at radius 1 is 1.40 bits per heavy atom. The third-order valence-corrected chi connectivity index (χ3v) is 1.87. The Bertz CT molecular complexity index is 88.9. The zero-order valence-corrected chi connectivity index (χ0v) is 6.85. The molecule has 1 fully saturated rings. The van der Waals surface area contributed by atoms with Crippen molar-refractivity contribution >= 4 is 0 Å². The molecule has 3 heteroatoms. The Labute approximate surface area is 62.8 Å². The van der Waals surface area contributed by atoms with Crippen molar-refractivity contribution in [2.75, 3.05) is 40.3 Å². The van der Waals surface area contributed by atoms with E-state index in [0.29, 0.717) is 0 Å². The molecule has 1 aliphatic heterocycles. The van der Waals surface area contributed by atoms with Crippen LogP contribution in [0, 0.1) is 0 Å². The Morgan fingerprint density at radius 2 is 2.10 bits per heavy atom. The maximum atomic E-state index is 3.45. The summed E-state index contributed by atoms with van der Waals surface area (Å²) in [6.07, 6.45) is 0. The maximum absolute atomic E-state index is 3.45.